The zero-order valence-electron chi connectivity index (χ0n) is 26.9. The number of rotatable bonds is 5. The molecule has 3 atom stereocenters. The van der Waals surface area contributed by atoms with Gasteiger partial charge in [-0.25, -0.2) is 45.9 Å². The first-order chi connectivity index (χ1) is 25.5. The summed E-state index contributed by atoms with van der Waals surface area (Å²) in [5, 5.41) is 17.2. The molecule has 0 bridgehead atoms. The molecule has 19 heteroatoms. The summed E-state index contributed by atoms with van der Waals surface area (Å²) < 4.78 is 85.4. The monoisotopic (exact) mass is 770 g/mol. The summed E-state index contributed by atoms with van der Waals surface area (Å²) in [6, 6.07) is 6.95. The van der Waals surface area contributed by atoms with Gasteiger partial charge in [0.25, 0.3) is 0 Å². The third-order valence-electron chi connectivity index (χ3n) is 9.16. The second kappa shape index (κ2) is 13.3. The summed E-state index contributed by atoms with van der Waals surface area (Å²) >= 11 is 5.60. The molecule has 1 aliphatic carbocycles. The molecule has 4 N–H and O–H groups in total. The highest BCUT2D eigenvalue weighted by molar-refractivity contribution is 6.30. The molecule has 2 fully saturated rings. The van der Waals surface area contributed by atoms with Crippen molar-refractivity contribution in [1.82, 2.24) is 19.1 Å². The van der Waals surface area contributed by atoms with E-state index < -0.39 is 79.4 Å². The Morgan fingerprint density at radius 3 is 1.57 bits per heavy atom. The van der Waals surface area contributed by atoms with Gasteiger partial charge in [-0.1, -0.05) is 11.6 Å². The zero-order chi connectivity index (χ0) is 38.9. The van der Waals surface area contributed by atoms with Crippen LogP contribution in [0.2, 0.25) is 5.15 Å². The van der Waals surface area contributed by atoms with Gasteiger partial charge in [0.1, 0.15) is 34.4 Å². The van der Waals surface area contributed by atoms with Gasteiger partial charge in [-0.2, -0.15) is 0 Å². The van der Waals surface area contributed by atoms with Crippen LogP contribution in [0.5, 0.6) is 0 Å². The van der Waals surface area contributed by atoms with Crippen molar-refractivity contribution in [1.29, 1.82) is 0 Å². The van der Waals surface area contributed by atoms with Crippen molar-refractivity contribution in [3.8, 4) is 11.4 Å². The zero-order valence-corrected chi connectivity index (χ0v) is 27.7. The molecule has 8 rings (SSSR count). The molecular weight excluding hydrogens is 750 g/mol. The third-order valence-corrected chi connectivity index (χ3v) is 9.43. The van der Waals surface area contributed by atoms with Gasteiger partial charge >= 0.3 is 11.9 Å². The smallest absolute Gasteiger partial charge is 0.341 e. The van der Waals surface area contributed by atoms with Crippen LogP contribution in [0.4, 0.5) is 32.2 Å². The molecule has 0 amide bonds. The van der Waals surface area contributed by atoms with Crippen LogP contribution in [0.25, 0.3) is 33.4 Å². The van der Waals surface area contributed by atoms with E-state index in [-0.39, 0.29) is 51.8 Å². The van der Waals surface area contributed by atoms with E-state index in [1.807, 2.05) is 0 Å². The molecule has 276 valence electrons. The van der Waals surface area contributed by atoms with E-state index in [4.69, 9.17) is 22.4 Å². The molecule has 4 aromatic heterocycles. The van der Waals surface area contributed by atoms with Crippen LogP contribution in [-0.2, 0) is 0 Å². The number of aromatic nitrogens is 4. The van der Waals surface area contributed by atoms with Gasteiger partial charge in [-0.05, 0) is 48.2 Å². The first-order valence-corrected chi connectivity index (χ1v) is 16.0. The number of anilines is 1. The number of benzene rings is 2. The number of hydrogen-bond acceptors (Lipinski definition) is 8. The fraction of sp³-hybridized carbons (Fsp3) is 0.143. The highest BCUT2D eigenvalue weighted by atomic mass is 35.5. The standard InChI is InChI=1S/C20H15F3N4O3.C15H6ClF3N2O3/c21-8-1-2-15(13(22)3-8)27-7-12(20(29)30)17(28)9-4-14(23)19(25-18(9)27)26-5-10-11(6-26)16(10)24;16-13-10(19)4-7-12(22)8(15(23)24)5-21(14(7)20-13)11-2-1-6(17)3-9(11)18/h1-4,7,10-11,16H,5-6,24H2,(H,29,30);1-5H,(H,23,24)/t10-,11+,16+;. The number of aromatic carboxylic acids is 2. The number of nitrogens with zero attached hydrogens (tertiary/aromatic N) is 5. The lowest BCUT2D eigenvalue weighted by atomic mass is 10.1. The van der Waals surface area contributed by atoms with E-state index in [1.54, 1.807) is 4.90 Å². The van der Waals surface area contributed by atoms with Gasteiger partial charge in [0.05, 0.1) is 22.1 Å². The van der Waals surface area contributed by atoms with Gasteiger partial charge in [-0.15, -0.1) is 0 Å². The molecule has 0 unspecified atom stereocenters. The topological polar surface area (TPSA) is 174 Å². The van der Waals surface area contributed by atoms with E-state index in [2.05, 4.69) is 9.97 Å². The van der Waals surface area contributed by atoms with E-state index in [0.717, 1.165) is 57.9 Å². The lowest BCUT2D eigenvalue weighted by Crippen LogP contribution is -2.30. The first-order valence-electron chi connectivity index (χ1n) is 15.6. The fourth-order valence-electron chi connectivity index (χ4n) is 6.41. The minimum atomic E-state index is -1.59. The second-order valence-corrected chi connectivity index (χ2v) is 12.8. The van der Waals surface area contributed by atoms with Gasteiger partial charge in [0.2, 0.25) is 10.9 Å². The number of carboxylic acids is 2. The van der Waals surface area contributed by atoms with E-state index in [9.17, 15) is 50.6 Å². The van der Waals surface area contributed by atoms with Gasteiger partial charge in [-0.3, -0.25) is 18.7 Å². The summed E-state index contributed by atoms with van der Waals surface area (Å²) in [7, 11) is 0. The van der Waals surface area contributed by atoms with Crippen LogP contribution in [0, 0.1) is 46.7 Å². The number of fused-ring (bicyclic) bond motifs is 3. The summed E-state index contributed by atoms with van der Waals surface area (Å²) in [5.74, 6) is -8.20. The Labute approximate surface area is 301 Å². The lowest BCUT2D eigenvalue weighted by molar-refractivity contribution is 0.0684. The van der Waals surface area contributed by atoms with Crippen molar-refractivity contribution >= 4 is 51.4 Å². The first kappa shape index (κ1) is 36.1. The minimum absolute atomic E-state index is 0.0272. The summed E-state index contributed by atoms with van der Waals surface area (Å²) in [6.07, 6.45) is 1.74. The number of hydrogen-bond donors (Lipinski definition) is 3. The maximum atomic E-state index is 14.8. The number of piperidine rings is 1. The van der Waals surface area contributed by atoms with Crippen LogP contribution < -0.4 is 21.5 Å². The molecule has 2 aliphatic rings. The van der Waals surface area contributed by atoms with Crippen LogP contribution in [0.3, 0.4) is 0 Å². The van der Waals surface area contributed by atoms with Crippen molar-refractivity contribution in [2.24, 2.45) is 17.6 Å². The third kappa shape index (κ3) is 6.17. The maximum Gasteiger partial charge on any atom is 0.341 e. The van der Waals surface area contributed by atoms with Gasteiger partial charge in [0.15, 0.2) is 33.9 Å². The molecule has 0 radical (unpaired) electrons. The van der Waals surface area contributed by atoms with Crippen LogP contribution in [0.15, 0.2) is 70.5 Å². The molecule has 1 saturated carbocycles. The lowest BCUT2D eigenvalue weighted by Gasteiger charge is -2.22. The summed E-state index contributed by atoms with van der Waals surface area (Å²) in [6.45, 7) is 1.01. The van der Waals surface area contributed by atoms with E-state index in [1.165, 1.54) is 0 Å². The van der Waals surface area contributed by atoms with Crippen LogP contribution in [0.1, 0.15) is 20.7 Å². The number of carbonyl (C=O) groups is 2. The van der Waals surface area contributed by atoms with Crippen LogP contribution >= 0.6 is 11.6 Å². The Morgan fingerprint density at radius 1 is 0.685 bits per heavy atom. The summed E-state index contributed by atoms with van der Waals surface area (Å²) in [4.78, 5) is 57.1. The predicted octanol–water partition coefficient (Wildman–Crippen LogP) is 5.05. The second-order valence-electron chi connectivity index (χ2n) is 12.4. The Balaban J connectivity index is 0.000000171. The summed E-state index contributed by atoms with van der Waals surface area (Å²) in [5.41, 5.74) is 1.67. The average molecular weight is 771 g/mol. The Morgan fingerprint density at radius 2 is 1.13 bits per heavy atom. The molecule has 1 aliphatic heterocycles. The van der Waals surface area contributed by atoms with Crippen molar-refractivity contribution in [2.75, 3.05) is 18.0 Å². The molecule has 6 aromatic rings. The van der Waals surface area contributed by atoms with Crippen molar-refractivity contribution < 1.29 is 46.1 Å². The minimum Gasteiger partial charge on any atom is -0.477 e. The molecule has 12 nitrogen and oxygen atoms in total. The number of pyridine rings is 4. The molecule has 0 spiro atoms. The Bertz CT molecular complexity index is 2720. The SMILES string of the molecule is N[C@@H]1[C@H]2CN(c3nc4c(cc3F)c(=O)c(C(=O)O)cn4-c3ccc(F)cc3F)C[C@@H]12.O=C(O)c1cn(-c2ccc(F)cc2F)c2nc(Cl)c(F)cc2c1=O. The molecule has 5 heterocycles. The number of nitrogens with two attached hydrogens (primary N) is 1. The van der Waals surface area contributed by atoms with Crippen molar-refractivity contribution in [3.05, 3.63) is 133 Å². The largest absolute Gasteiger partial charge is 0.477 e. The number of halogens is 7. The predicted molar refractivity (Wildman–Crippen MR) is 181 cm³/mol. The normalized spacial score (nSPS) is 17.3. The van der Waals surface area contributed by atoms with Gasteiger partial charge < -0.3 is 20.8 Å². The molecule has 54 heavy (non-hydrogen) atoms. The van der Waals surface area contributed by atoms with Crippen molar-refractivity contribution in [2.45, 2.75) is 6.04 Å². The van der Waals surface area contributed by atoms with Crippen molar-refractivity contribution in [3.63, 3.8) is 0 Å². The Kier molecular flexibility index (Phi) is 8.89. The Hall–Kier alpha value is -6.27. The molecular formula is C35H21ClF6N6O6. The quantitative estimate of drug-likeness (QED) is 0.159. The number of carboxylic acid groups (broad SMARTS) is 2. The molecule has 2 aromatic carbocycles. The van der Waals surface area contributed by atoms with E-state index in [0.29, 0.717) is 25.2 Å². The highest BCUT2D eigenvalue weighted by Crippen LogP contribution is 2.45. The van der Waals surface area contributed by atoms with E-state index >= 15 is 0 Å². The molecule has 1 saturated heterocycles. The fourth-order valence-corrected chi connectivity index (χ4v) is 6.54. The van der Waals surface area contributed by atoms with Crippen LogP contribution in [-0.4, -0.2) is 60.4 Å². The van der Waals surface area contributed by atoms with Gasteiger partial charge in [0, 0.05) is 43.7 Å². The maximum absolute atomic E-state index is 14.8. The average Bonchev–Trinajstić information content (AvgIpc) is 3.47. The highest BCUT2D eigenvalue weighted by Gasteiger charge is 2.54.